The van der Waals surface area contributed by atoms with Crippen molar-refractivity contribution in [2.45, 2.75) is 12.8 Å². The fourth-order valence-corrected chi connectivity index (χ4v) is 1.31. The molecule has 3 heteroatoms. The molecule has 2 N–H and O–H groups in total. The zero-order chi connectivity index (χ0) is 9.26. The Morgan fingerprint density at radius 2 is 2.38 bits per heavy atom. The number of nitrogens with zero attached hydrogens (tertiary/aromatic N) is 2. The highest BCUT2D eigenvalue weighted by Crippen LogP contribution is 2.13. The van der Waals surface area contributed by atoms with Crippen molar-refractivity contribution in [3.05, 3.63) is 36.3 Å². The summed E-state index contributed by atoms with van der Waals surface area (Å²) in [4.78, 5) is 4.47. The second-order valence-corrected chi connectivity index (χ2v) is 3.27. The summed E-state index contributed by atoms with van der Waals surface area (Å²) in [6.45, 7) is 2.73. The highest BCUT2D eigenvalue weighted by atomic mass is 15.0. The Hall–Kier alpha value is -1.35. The van der Waals surface area contributed by atoms with E-state index in [-0.39, 0.29) is 0 Å². The fraction of sp³-hybridized carbons (Fsp3) is 0.300. The van der Waals surface area contributed by atoms with Gasteiger partial charge < -0.3 is 10.1 Å². The standard InChI is InChI=1S/C10H13N3/c1-8(6-11)9-7-13-5-3-2-4-10(13)12-9/h2-5,7-8H,6,11H2,1H3. The van der Waals surface area contributed by atoms with Gasteiger partial charge in [-0.05, 0) is 12.1 Å². The Labute approximate surface area is 77.2 Å². The average Bonchev–Trinajstić information content (AvgIpc) is 2.59. The van der Waals surface area contributed by atoms with E-state index in [1.807, 2.05) is 35.0 Å². The number of nitrogens with two attached hydrogens (primary N) is 1. The van der Waals surface area contributed by atoms with Crippen molar-refractivity contribution in [2.24, 2.45) is 5.73 Å². The topological polar surface area (TPSA) is 43.3 Å². The maximum absolute atomic E-state index is 5.58. The summed E-state index contributed by atoms with van der Waals surface area (Å²) in [5, 5.41) is 0. The average molecular weight is 175 g/mol. The van der Waals surface area contributed by atoms with Crippen molar-refractivity contribution >= 4 is 5.65 Å². The van der Waals surface area contributed by atoms with E-state index in [4.69, 9.17) is 5.73 Å². The highest BCUT2D eigenvalue weighted by Gasteiger charge is 2.06. The molecule has 0 spiro atoms. The van der Waals surface area contributed by atoms with Crippen LogP contribution in [0.2, 0.25) is 0 Å². The van der Waals surface area contributed by atoms with Crippen LogP contribution >= 0.6 is 0 Å². The van der Waals surface area contributed by atoms with E-state index in [0.29, 0.717) is 12.5 Å². The maximum Gasteiger partial charge on any atom is 0.136 e. The van der Waals surface area contributed by atoms with Gasteiger partial charge in [0.05, 0.1) is 5.69 Å². The molecular formula is C10H13N3. The van der Waals surface area contributed by atoms with Crippen LogP contribution in [0.15, 0.2) is 30.6 Å². The molecule has 13 heavy (non-hydrogen) atoms. The lowest BCUT2D eigenvalue weighted by atomic mass is 10.1. The number of rotatable bonds is 2. The second-order valence-electron chi connectivity index (χ2n) is 3.27. The van der Waals surface area contributed by atoms with Crippen LogP contribution in [0.1, 0.15) is 18.5 Å². The summed E-state index contributed by atoms with van der Waals surface area (Å²) < 4.78 is 2.02. The van der Waals surface area contributed by atoms with Crippen molar-refractivity contribution in [1.82, 2.24) is 9.38 Å². The first kappa shape index (κ1) is 8.26. The molecule has 1 unspecified atom stereocenters. The van der Waals surface area contributed by atoms with E-state index in [2.05, 4.69) is 11.9 Å². The first-order valence-electron chi connectivity index (χ1n) is 4.45. The van der Waals surface area contributed by atoms with Crippen LogP contribution in [0.3, 0.4) is 0 Å². The lowest BCUT2D eigenvalue weighted by molar-refractivity contribution is 0.752. The van der Waals surface area contributed by atoms with Gasteiger partial charge in [0.1, 0.15) is 5.65 Å². The Bertz CT molecular complexity index is 372. The first-order chi connectivity index (χ1) is 6.31. The Balaban J connectivity index is 2.49. The molecule has 0 fully saturated rings. The van der Waals surface area contributed by atoms with Crippen LogP contribution < -0.4 is 5.73 Å². The largest absolute Gasteiger partial charge is 0.330 e. The van der Waals surface area contributed by atoms with Gasteiger partial charge >= 0.3 is 0 Å². The van der Waals surface area contributed by atoms with Crippen molar-refractivity contribution in [2.75, 3.05) is 6.54 Å². The van der Waals surface area contributed by atoms with Gasteiger partial charge in [-0.1, -0.05) is 13.0 Å². The van der Waals surface area contributed by atoms with E-state index in [1.54, 1.807) is 0 Å². The number of hydrogen-bond donors (Lipinski definition) is 1. The van der Waals surface area contributed by atoms with Crippen molar-refractivity contribution in [1.29, 1.82) is 0 Å². The molecule has 0 amide bonds. The van der Waals surface area contributed by atoms with Crippen molar-refractivity contribution in [3.8, 4) is 0 Å². The third-order valence-corrected chi connectivity index (χ3v) is 2.24. The third-order valence-electron chi connectivity index (χ3n) is 2.24. The molecule has 3 nitrogen and oxygen atoms in total. The Morgan fingerprint density at radius 1 is 1.54 bits per heavy atom. The summed E-state index contributed by atoms with van der Waals surface area (Å²) >= 11 is 0. The van der Waals surface area contributed by atoms with E-state index >= 15 is 0 Å². The van der Waals surface area contributed by atoms with Gasteiger partial charge in [0.2, 0.25) is 0 Å². The van der Waals surface area contributed by atoms with Crippen LogP contribution in [0.5, 0.6) is 0 Å². The quantitative estimate of drug-likeness (QED) is 0.749. The molecule has 0 bridgehead atoms. The van der Waals surface area contributed by atoms with Gasteiger partial charge in [0.15, 0.2) is 0 Å². The van der Waals surface area contributed by atoms with Crippen LogP contribution in [-0.2, 0) is 0 Å². The number of pyridine rings is 1. The molecule has 68 valence electrons. The fourth-order valence-electron chi connectivity index (χ4n) is 1.31. The molecule has 1 atom stereocenters. The maximum atomic E-state index is 5.58. The molecular weight excluding hydrogens is 162 g/mol. The molecule has 0 aliphatic rings. The summed E-state index contributed by atoms with van der Waals surface area (Å²) in [6, 6.07) is 5.97. The van der Waals surface area contributed by atoms with Gasteiger partial charge in [-0.15, -0.1) is 0 Å². The molecule has 0 radical (unpaired) electrons. The van der Waals surface area contributed by atoms with Crippen LogP contribution in [0, 0.1) is 0 Å². The van der Waals surface area contributed by atoms with Gasteiger partial charge in [-0.25, -0.2) is 4.98 Å². The Morgan fingerprint density at radius 3 is 3.08 bits per heavy atom. The number of imidazole rings is 1. The lowest BCUT2D eigenvalue weighted by Gasteiger charge is -2.01. The minimum atomic E-state index is 0.333. The highest BCUT2D eigenvalue weighted by molar-refractivity contribution is 5.39. The first-order valence-corrected chi connectivity index (χ1v) is 4.45. The van der Waals surface area contributed by atoms with Crippen LogP contribution in [0.4, 0.5) is 0 Å². The number of aromatic nitrogens is 2. The zero-order valence-electron chi connectivity index (χ0n) is 7.64. The lowest BCUT2D eigenvalue weighted by Crippen LogP contribution is -2.08. The molecule has 0 saturated heterocycles. The Kier molecular flexibility index (Phi) is 2.02. The van der Waals surface area contributed by atoms with E-state index in [1.165, 1.54) is 0 Å². The SMILES string of the molecule is CC(CN)c1cn2ccccc2n1. The predicted octanol–water partition coefficient (Wildman–Crippen LogP) is 1.40. The summed E-state index contributed by atoms with van der Waals surface area (Å²) in [7, 11) is 0. The summed E-state index contributed by atoms with van der Waals surface area (Å²) in [5.41, 5.74) is 7.62. The van der Waals surface area contributed by atoms with Gasteiger partial charge in [-0.3, -0.25) is 0 Å². The molecule has 2 rings (SSSR count). The van der Waals surface area contributed by atoms with E-state index in [0.717, 1.165) is 11.3 Å². The molecule has 2 heterocycles. The van der Waals surface area contributed by atoms with Gasteiger partial charge in [0, 0.05) is 24.9 Å². The molecule has 0 saturated carbocycles. The predicted molar refractivity (Wildman–Crippen MR) is 52.7 cm³/mol. The van der Waals surface area contributed by atoms with Gasteiger partial charge in [-0.2, -0.15) is 0 Å². The second kappa shape index (κ2) is 3.18. The summed E-state index contributed by atoms with van der Waals surface area (Å²) in [6.07, 6.45) is 4.03. The molecule has 2 aromatic heterocycles. The molecule has 0 aliphatic carbocycles. The normalized spacial score (nSPS) is 13.4. The smallest absolute Gasteiger partial charge is 0.136 e. The van der Waals surface area contributed by atoms with E-state index in [9.17, 15) is 0 Å². The van der Waals surface area contributed by atoms with Crippen molar-refractivity contribution < 1.29 is 0 Å². The molecule has 0 aliphatic heterocycles. The molecule has 2 aromatic rings. The monoisotopic (exact) mass is 175 g/mol. The van der Waals surface area contributed by atoms with Crippen molar-refractivity contribution in [3.63, 3.8) is 0 Å². The van der Waals surface area contributed by atoms with Crippen LogP contribution in [0.25, 0.3) is 5.65 Å². The van der Waals surface area contributed by atoms with Crippen LogP contribution in [-0.4, -0.2) is 15.9 Å². The van der Waals surface area contributed by atoms with E-state index < -0.39 is 0 Å². The minimum Gasteiger partial charge on any atom is -0.330 e. The zero-order valence-corrected chi connectivity index (χ0v) is 7.64. The third kappa shape index (κ3) is 1.42. The summed E-state index contributed by atoms with van der Waals surface area (Å²) in [5.74, 6) is 0.333. The number of hydrogen-bond acceptors (Lipinski definition) is 2. The molecule has 0 aromatic carbocycles. The minimum absolute atomic E-state index is 0.333. The van der Waals surface area contributed by atoms with Gasteiger partial charge in [0.25, 0.3) is 0 Å². The number of fused-ring (bicyclic) bond motifs is 1.